The number of rotatable bonds is 6. The van der Waals surface area contributed by atoms with Crippen LogP contribution >= 0.6 is 0 Å². The molecule has 0 unspecified atom stereocenters. The average molecular weight is 426 g/mol. The molecule has 31 heavy (non-hydrogen) atoms. The van der Waals surface area contributed by atoms with Crippen LogP contribution in [-0.4, -0.2) is 46.5 Å². The number of aliphatic hydroxyl groups excluding tert-OH is 1. The fourth-order valence-corrected chi connectivity index (χ4v) is 3.97. The minimum Gasteiger partial charge on any atom is -0.397 e. The quantitative estimate of drug-likeness (QED) is 0.591. The van der Waals surface area contributed by atoms with E-state index < -0.39 is 0 Å². The Morgan fingerprint density at radius 1 is 1.26 bits per heavy atom. The molecule has 1 saturated carbocycles. The van der Waals surface area contributed by atoms with Crippen molar-refractivity contribution in [3.8, 4) is 0 Å². The third-order valence-corrected chi connectivity index (χ3v) is 5.70. The molecule has 8 nitrogen and oxygen atoms in total. The number of nitrogens with one attached hydrogen (secondary N) is 1. The second-order valence-electron chi connectivity index (χ2n) is 8.08. The van der Waals surface area contributed by atoms with Crippen LogP contribution in [-0.2, 0) is 6.54 Å². The second kappa shape index (κ2) is 9.96. The van der Waals surface area contributed by atoms with Crippen LogP contribution in [0, 0.1) is 0 Å². The highest BCUT2D eigenvalue weighted by Crippen LogP contribution is 2.42. The summed E-state index contributed by atoms with van der Waals surface area (Å²) in [5.74, 6) is 2.69. The highest BCUT2D eigenvalue weighted by Gasteiger charge is 2.28. The van der Waals surface area contributed by atoms with E-state index >= 15 is 0 Å². The molecule has 5 rings (SSSR count). The molecule has 3 aromatic rings. The molecule has 4 heterocycles. The first-order valence-corrected chi connectivity index (χ1v) is 11.3. The van der Waals surface area contributed by atoms with Gasteiger partial charge in [0.15, 0.2) is 5.65 Å². The van der Waals surface area contributed by atoms with E-state index in [1.54, 1.807) is 18.8 Å². The van der Waals surface area contributed by atoms with Gasteiger partial charge in [0.1, 0.15) is 18.7 Å². The van der Waals surface area contributed by atoms with Crippen molar-refractivity contribution in [2.45, 2.75) is 51.5 Å². The molecule has 0 amide bonds. The Kier molecular flexibility index (Phi) is 6.86. The van der Waals surface area contributed by atoms with Gasteiger partial charge in [0.2, 0.25) is 12.4 Å². The van der Waals surface area contributed by atoms with Crippen LogP contribution in [0.2, 0.25) is 0 Å². The fourth-order valence-electron chi connectivity index (χ4n) is 3.97. The topological polar surface area (TPSA) is 78.8 Å². The summed E-state index contributed by atoms with van der Waals surface area (Å²) >= 11 is 0. The maximum atomic E-state index is 7.57. The van der Waals surface area contributed by atoms with Crippen molar-refractivity contribution in [2.75, 3.05) is 37.0 Å². The van der Waals surface area contributed by atoms with E-state index in [2.05, 4.69) is 27.4 Å². The molecule has 0 aromatic carbocycles. The van der Waals surface area contributed by atoms with Gasteiger partial charge in [-0.15, -0.1) is 0 Å². The van der Waals surface area contributed by atoms with Gasteiger partial charge >= 0.3 is 0 Å². The lowest BCUT2D eigenvalue weighted by Gasteiger charge is -2.28. The first-order valence-electron chi connectivity index (χ1n) is 11.3. The molecule has 0 spiro atoms. The first-order chi connectivity index (χ1) is 15.2. The monoisotopic (exact) mass is 425 g/mol. The first kappa shape index (κ1) is 21.4. The van der Waals surface area contributed by atoms with Crippen molar-refractivity contribution >= 4 is 17.3 Å². The van der Waals surface area contributed by atoms with Gasteiger partial charge in [0.25, 0.3) is 0 Å². The van der Waals surface area contributed by atoms with Gasteiger partial charge in [0, 0.05) is 54.2 Å². The Morgan fingerprint density at radius 2 is 2.03 bits per heavy atom. The Balaban J connectivity index is 0.000000730. The Bertz CT molecular complexity index is 995. The van der Waals surface area contributed by atoms with E-state index in [1.165, 1.54) is 37.7 Å². The number of nitrogens with zero attached hydrogens (tertiary/aromatic N) is 5. The van der Waals surface area contributed by atoms with Gasteiger partial charge in [-0.05, 0) is 51.0 Å². The van der Waals surface area contributed by atoms with Crippen LogP contribution in [0.4, 0.5) is 11.6 Å². The summed E-state index contributed by atoms with van der Waals surface area (Å²) in [5.41, 5.74) is 3.44. The van der Waals surface area contributed by atoms with Crippen LogP contribution in [0.3, 0.4) is 0 Å². The number of hydrogen-bond donors (Lipinski definition) is 2. The molecule has 2 fully saturated rings. The maximum absolute atomic E-state index is 7.57. The molecule has 3 aromatic heterocycles. The summed E-state index contributed by atoms with van der Waals surface area (Å²) in [6.07, 6.45) is 12.2. The molecule has 0 bridgehead atoms. The maximum Gasteiger partial charge on any atom is 0.227 e. The van der Waals surface area contributed by atoms with Crippen LogP contribution < -0.4 is 19.8 Å². The van der Waals surface area contributed by atoms with E-state index in [1.807, 2.05) is 29.2 Å². The van der Waals surface area contributed by atoms with Crippen molar-refractivity contribution in [3.05, 3.63) is 47.9 Å². The van der Waals surface area contributed by atoms with E-state index in [4.69, 9.17) is 14.9 Å². The van der Waals surface area contributed by atoms with E-state index in [0.29, 0.717) is 12.5 Å². The summed E-state index contributed by atoms with van der Waals surface area (Å²) in [4.78, 5) is 12.7. The van der Waals surface area contributed by atoms with Crippen molar-refractivity contribution in [1.29, 1.82) is 0 Å². The number of piperidine rings is 1. The lowest BCUT2D eigenvalue weighted by Crippen LogP contribution is -2.40. The average Bonchev–Trinajstić information content (AvgIpc) is 3.57. The van der Waals surface area contributed by atoms with Gasteiger partial charge in [-0.1, -0.05) is 0 Å². The van der Waals surface area contributed by atoms with Crippen molar-refractivity contribution in [1.82, 2.24) is 14.6 Å². The standard InChI is InChI=1S/C21H27N6O.C2H6O/c1-28-26-11-5-6-16(15-26)13-22-19-12-20(25-9-3-2-4-10-25)24-21-18(17-7-8-17)14-23-27(19)21;1-2-3/h5-6,11-12,14-15,17,22H,2-4,7-10,13H2,1H3;3H,2H2,1H3/q+1;. The van der Waals surface area contributed by atoms with E-state index in [9.17, 15) is 0 Å². The van der Waals surface area contributed by atoms with Crippen LogP contribution in [0.1, 0.15) is 56.1 Å². The third kappa shape index (κ3) is 5.07. The zero-order chi connectivity index (χ0) is 21.6. The highest BCUT2D eigenvalue weighted by molar-refractivity contribution is 5.62. The lowest BCUT2D eigenvalue weighted by molar-refractivity contribution is -0.885. The molecular formula is C23H33N6O2+. The van der Waals surface area contributed by atoms with E-state index in [0.717, 1.165) is 35.9 Å². The zero-order valence-electron chi connectivity index (χ0n) is 18.5. The lowest BCUT2D eigenvalue weighted by atomic mass is 10.1. The molecule has 1 aliphatic carbocycles. The largest absolute Gasteiger partial charge is 0.397 e. The fraction of sp³-hybridized carbons (Fsp3) is 0.522. The predicted molar refractivity (Wildman–Crippen MR) is 120 cm³/mol. The van der Waals surface area contributed by atoms with Crippen LogP contribution in [0.25, 0.3) is 5.65 Å². The predicted octanol–water partition coefficient (Wildman–Crippen LogP) is 2.55. The summed E-state index contributed by atoms with van der Waals surface area (Å²) in [6, 6.07) is 6.22. The van der Waals surface area contributed by atoms with Gasteiger partial charge in [-0.2, -0.15) is 9.61 Å². The molecule has 0 radical (unpaired) electrons. The number of hydrogen-bond acceptors (Lipinski definition) is 6. The van der Waals surface area contributed by atoms with Gasteiger partial charge in [0.05, 0.1) is 6.20 Å². The second-order valence-corrected chi connectivity index (χ2v) is 8.08. The smallest absolute Gasteiger partial charge is 0.227 e. The van der Waals surface area contributed by atoms with Crippen molar-refractivity contribution in [2.24, 2.45) is 0 Å². The minimum atomic E-state index is 0.250. The molecule has 2 N–H and O–H groups in total. The van der Waals surface area contributed by atoms with Crippen molar-refractivity contribution in [3.63, 3.8) is 0 Å². The number of aliphatic hydroxyl groups is 1. The van der Waals surface area contributed by atoms with Crippen LogP contribution in [0.15, 0.2) is 36.8 Å². The molecule has 0 atom stereocenters. The van der Waals surface area contributed by atoms with Crippen molar-refractivity contribution < 1.29 is 14.7 Å². The molecular weight excluding hydrogens is 392 g/mol. The molecule has 2 aliphatic rings. The summed E-state index contributed by atoms with van der Waals surface area (Å²) in [5, 5.41) is 15.8. The minimum absolute atomic E-state index is 0.250. The molecule has 166 valence electrons. The van der Waals surface area contributed by atoms with E-state index in [-0.39, 0.29) is 6.61 Å². The summed E-state index contributed by atoms with van der Waals surface area (Å²) < 4.78 is 3.67. The van der Waals surface area contributed by atoms with Gasteiger partial charge in [-0.3, -0.25) is 4.84 Å². The molecule has 1 aliphatic heterocycles. The zero-order valence-corrected chi connectivity index (χ0v) is 18.5. The molecule has 8 heteroatoms. The van der Waals surface area contributed by atoms with Gasteiger partial charge < -0.3 is 15.3 Å². The summed E-state index contributed by atoms with van der Waals surface area (Å²) in [6.45, 7) is 4.80. The Hall–Kier alpha value is -2.87. The number of aromatic nitrogens is 4. The Labute approximate surface area is 183 Å². The summed E-state index contributed by atoms with van der Waals surface area (Å²) in [7, 11) is 1.66. The SMILES string of the molecule is CCO.CO[n+]1cccc(CNc2cc(N3CCCCC3)nc3c(C4CC4)cnn23)c1. The highest BCUT2D eigenvalue weighted by atomic mass is 16.6. The van der Waals surface area contributed by atoms with Crippen LogP contribution in [0.5, 0.6) is 0 Å². The van der Waals surface area contributed by atoms with Gasteiger partial charge in [-0.25, -0.2) is 4.98 Å². The normalized spacial score (nSPS) is 16.0. The number of anilines is 2. The third-order valence-electron chi connectivity index (χ3n) is 5.70. The Morgan fingerprint density at radius 3 is 2.74 bits per heavy atom. The molecule has 1 saturated heterocycles. The number of pyridine rings is 1. The number of fused-ring (bicyclic) bond motifs is 1.